The summed E-state index contributed by atoms with van der Waals surface area (Å²) in [6, 6.07) is 10.5. The van der Waals surface area contributed by atoms with Gasteiger partial charge in [-0.15, -0.1) is 0 Å². The molecule has 6 heteroatoms. The molecule has 1 saturated heterocycles. The second-order valence-corrected chi connectivity index (χ2v) is 8.67. The maximum atomic E-state index is 6.10. The Labute approximate surface area is 167 Å². The van der Waals surface area contributed by atoms with E-state index in [-0.39, 0.29) is 0 Å². The summed E-state index contributed by atoms with van der Waals surface area (Å²) in [6.45, 7) is 8.57. The van der Waals surface area contributed by atoms with Gasteiger partial charge in [-0.05, 0) is 63.6 Å². The number of benzene rings is 1. The maximum absolute atomic E-state index is 6.10. The third kappa shape index (κ3) is 3.76. The van der Waals surface area contributed by atoms with Crippen molar-refractivity contribution in [2.24, 2.45) is 0 Å². The highest BCUT2D eigenvalue weighted by atomic mass is 16.7. The highest BCUT2D eigenvalue weighted by molar-refractivity contribution is 6.62. The summed E-state index contributed by atoms with van der Waals surface area (Å²) in [4.78, 5) is 4.45. The van der Waals surface area contributed by atoms with Gasteiger partial charge in [0, 0.05) is 11.7 Å². The van der Waals surface area contributed by atoms with E-state index < -0.39 is 18.3 Å². The fourth-order valence-corrected chi connectivity index (χ4v) is 3.26. The first-order chi connectivity index (χ1) is 13.3. The van der Waals surface area contributed by atoms with Crippen molar-refractivity contribution in [3.05, 3.63) is 47.7 Å². The van der Waals surface area contributed by atoms with Gasteiger partial charge < -0.3 is 18.8 Å². The van der Waals surface area contributed by atoms with E-state index in [2.05, 4.69) is 29.2 Å². The van der Waals surface area contributed by atoms with Crippen LogP contribution in [0, 0.1) is 0 Å². The van der Waals surface area contributed by atoms with Crippen LogP contribution in [0.4, 0.5) is 0 Å². The molecule has 0 unspecified atom stereocenters. The molecule has 0 bridgehead atoms. The van der Waals surface area contributed by atoms with E-state index in [9.17, 15) is 0 Å². The van der Waals surface area contributed by atoms with Crippen molar-refractivity contribution in [2.45, 2.75) is 64.3 Å². The molecule has 5 nitrogen and oxygen atoms in total. The highest BCUT2D eigenvalue weighted by Crippen LogP contribution is 2.40. The average Bonchev–Trinajstić information content (AvgIpc) is 3.47. The van der Waals surface area contributed by atoms with Crippen molar-refractivity contribution < 1.29 is 18.8 Å². The Bertz CT molecular complexity index is 830. The van der Waals surface area contributed by atoms with Crippen LogP contribution in [-0.2, 0) is 15.9 Å². The normalized spacial score (nSPS) is 20.2. The van der Waals surface area contributed by atoms with Gasteiger partial charge in [0.15, 0.2) is 5.75 Å². The quantitative estimate of drug-likeness (QED) is 0.712. The molecule has 0 atom stereocenters. The van der Waals surface area contributed by atoms with E-state index in [4.69, 9.17) is 18.8 Å². The number of rotatable bonds is 6. The molecule has 2 fully saturated rings. The summed E-state index contributed by atoms with van der Waals surface area (Å²) >= 11 is 0. The molecule has 1 aromatic heterocycles. The lowest BCUT2D eigenvalue weighted by Gasteiger charge is -2.32. The summed E-state index contributed by atoms with van der Waals surface area (Å²) in [5, 5.41) is 0. The number of hydrogen-bond acceptors (Lipinski definition) is 5. The molecule has 2 aromatic rings. The molecule has 0 radical (unpaired) electrons. The van der Waals surface area contributed by atoms with E-state index in [1.807, 2.05) is 33.8 Å². The van der Waals surface area contributed by atoms with Gasteiger partial charge in [0.1, 0.15) is 6.61 Å². The molecule has 1 aliphatic heterocycles. The lowest BCUT2D eigenvalue weighted by atomic mass is 9.80. The van der Waals surface area contributed by atoms with Gasteiger partial charge in [-0.25, -0.2) is 4.98 Å². The molecule has 2 heterocycles. The molecule has 28 heavy (non-hydrogen) atoms. The first-order valence-corrected chi connectivity index (χ1v) is 9.90. The molecule has 1 aliphatic carbocycles. The third-order valence-electron chi connectivity index (χ3n) is 5.99. The predicted octanol–water partition coefficient (Wildman–Crippen LogP) is 3.85. The van der Waals surface area contributed by atoms with Crippen molar-refractivity contribution in [1.82, 2.24) is 4.98 Å². The Kier molecular flexibility index (Phi) is 4.88. The summed E-state index contributed by atoms with van der Waals surface area (Å²) in [5.74, 6) is 1.80. The third-order valence-corrected chi connectivity index (χ3v) is 5.99. The van der Waals surface area contributed by atoms with Crippen LogP contribution in [0.3, 0.4) is 0 Å². The number of hydrogen-bond donors (Lipinski definition) is 0. The molecule has 0 N–H and O–H groups in total. The standard InChI is InChI=1S/C22H28BNO4/c1-21(2)22(3,4)28-23(27-21)18-12-19(25-5)20(24-13-18)26-14-15-6-8-16(9-7-15)17-10-11-17/h6-9,12-13,17H,10-11,14H2,1-5H3. The molecule has 148 valence electrons. The molecule has 4 rings (SSSR count). The SMILES string of the molecule is COc1cc(B2OC(C)(C)C(C)(C)O2)cnc1OCc1ccc(C2CC2)cc1. The predicted molar refractivity (Wildman–Crippen MR) is 109 cm³/mol. The number of nitrogens with zero attached hydrogens (tertiary/aromatic N) is 1. The molecule has 2 aliphatic rings. The van der Waals surface area contributed by atoms with Crippen molar-refractivity contribution in [1.29, 1.82) is 0 Å². The van der Waals surface area contributed by atoms with Gasteiger partial charge in [0.05, 0.1) is 18.3 Å². The molecule has 0 spiro atoms. The van der Waals surface area contributed by atoms with Crippen LogP contribution >= 0.6 is 0 Å². The summed E-state index contributed by atoms with van der Waals surface area (Å²) < 4.78 is 23.6. The zero-order valence-electron chi connectivity index (χ0n) is 17.3. The van der Waals surface area contributed by atoms with E-state index >= 15 is 0 Å². The van der Waals surface area contributed by atoms with Gasteiger partial charge in [-0.2, -0.15) is 0 Å². The Morgan fingerprint density at radius 1 is 1.07 bits per heavy atom. The van der Waals surface area contributed by atoms with E-state index in [0.29, 0.717) is 18.2 Å². The maximum Gasteiger partial charge on any atom is 0.496 e. The van der Waals surface area contributed by atoms with Gasteiger partial charge in [0.2, 0.25) is 0 Å². The lowest BCUT2D eigenvalue weighted by molar-refractivity contribution is 0.00578. The number of pyridine rings is 1. The van der Waals surface area contributed by atoms with Crippen molar-refractivity contribution >= 4 is 12.6 Å². The van der Waals surface area contributed by atoms with Gasteiger partial charge in [-0.3, -0.25) is 0 Å². The fourth-order valence-electron chi connectivity index (χ4n) is 3.26. The van der Waals surface area contributed by atoms with E-state index in [1.54, 1.807) is 13.3 Å². The number of methoxy groups -OCH3 is 1. The minimum Gasteiger partial charge on any atom is -0.491 e. The first-order valence-electron chi connectivity index (χ1n) is 9.90. The van der Waals surface area contributed by atoms with Crippen LogP contribution in [-0.4, -0.2) is 30.4 Å². The molecular formula is C22H28BNO4. The molecule has 1 saturated carbocycles. The summed E-state index contributed by atoms with van der Waals surface area (Å²) in [7, 11) is 1.14. The zero-order chi connectivity index (χ0) is 19.9. The summed E-state index contributed by atoms with van der Waals surface area (Å²) in [6.07, 6.45) is 4.36. The van der Waals surface area contributed by atoms with Crippen LogP contribution < -0.4 is 14.9 Å². The number of ether oxygens (including phenoxy) is 2. The minimum absolute atomic E-state index is 0.396. The molecule has 1 aromatic carbocycles. The first kappa shape index (κ1) is 19.3. The highest BCUT2D eigenvalue weighted by Gasteiger charge is 2.52. The van der Waals surface area contributed by atoms with E-state index in [0.717, 1.165) is 16.9 Å². The Morgan fingerprint density at radius 3 is 2.29 bits per heavy atom. The summed E-state index contributed by atoms with van der Waals surface area (Å²) in [5.41, 5.74) is 2.56. The molecular weight excluding hydrogens is 353 g/mol. The Morgan fingerprint density at radius 2 is 1.71 bits per heavy atom. The lowest BCUT2D eigenvalue weighted by Crippen LogP contribution is -2.41. The minimum atomic E-state index is -0.476. The number of aromatic nitrogens is 1. The van der Waals surface area contributed by atoms with Crippen molar-refractivity contribution in [3.8, 4) is 11.6 Å². The van der Waals surface area contributed by atoms with Crippen molar-refractivity contribution in [3.63, 3.8) is 0 Å². The molecule has 0 amide bonds. The largest absolute Gasteiger partial charge is 0.496 e. The van der Waals surface area contributed by atoms with E-state index in [1.165, 1.54) is 18.4 Å². The smallest absolute Gasteiger partial charge is 0.491 e. The van der Waals surface area contributed by atoms with Gasteiger partial charge in [-0.1, -0.05) is 24.3 Å². The average molecular weight is 381 g/mol. The van der Waals surface area contributed by atoms with Gasteiger partial charge in [0.25, 0.3) is 5.88 Å². The Hall–Kier alpha value is -2.05. The van der Waals surface area contributed by atoms with Crippen LogP contribution in [0.2, 0.25) is 0 Å². The second kappa shape index (κ2) is 7.09. The van der Waals surface area contributed by atoms with Crippen LogP contribution in [0.5, 0.6) is 11.6 Å². The Balaban J connectivity index is 1.45. The van der Waals surface area contributed by atoms with Crippen molar-refractivity contribution in [2.75, 3.05) is 7.11 Å². The van der Waals surface area contributed by atoms with Crippen LogP contribution in [0.1, 0.15) is 57.6 Å². The topological polar surface area (TPSA) is 49.8 Å². The van der Waals surface area contributed by atoms with Crippen LogP contribution in [0.15, 0.2) is 36.5 Å². The second-order valence-electron chi connectivity index (χ2n) is 8.67. The van der Waals surface area contributed by atoms with Crippen LogP contribution in [0.25, 0.3) is 0 Å². The van der Waals surface area contributed by atoms with Gasteiger partial charge >= 0.3 is 7.12 Å². The monoisotopic (exact) mass is 381 g/mol. The fraction of sp³-hybridized carbons (Fsp3) is 0.500. The zero-order valence-corrected chi connectivity index (χ0v) is 17.3.